The highest BCUT2D eigenvalue weighted by molar-refractivity contribution is 7.23. The van der Waals surface area contributed by atoms with Crippen LogP contribution in [0.5, 0.6) is 0 Å². The number of hydrogen-bond donors (Lipinski definition) is 1. The Hall–Kier alpha value is -2.63. The quantitative estimate of drug-likeness (QED) is 0.473. The van der Waals surface area contributed by atoms with Gasteiger partial charge >= 0.3 is 5.97 Å². The van der Waals surface area contributed by atoms with Crippen molar-refractivity contribution >= 4 is 56.0 Å². The molecule has 0 saturated carbocycles. The van der Waals surface area contributed by atoms with Crippen LogP contribution in [0.4, 0.5) is 5.00 Å². The van der Waals surface area contributed by atoms with E-state index in [0.717, 1.165) is 15.6 Å². The summed E-state index contributed by atoms with van der Waals surface area (Å²) in [5.41, 5.74) is 1.12. The maximum absolute atomic E-state index is 12.3. The number of hydrogen-bond acceptors (Lipinski definition) is 4. The molecule has 0 aliphatic heterocycles. The maximum atomic E-state index is 12.3. The van der Waals surface area contributed by atoms with Gasteiger partial charge in [0.1, 0.15) is 10.6 Å². The first-order valence-corrected chi connectivity index (χ1v) is 9.22. The fourth-order valence-electron chi connectivity index (χ4n) is 2.47. The van der Waals surface area contributed by atoms with Crippen LogP contribution in [0.1, 0.15) is 22.8 Å². The first-order chi connectivity index (χ1) is 12.6. The predicted octanol–water partition coefficient (Wildman–Crippen LogP) is 5.38. The highest BCUT2D eigenvalue weighted by Gasteiger charge is 2.20. The van der Waals surface area contributed by atoms with Crippen LogP contribution in [-0.4, -0.2) is 18.5 Å². The normalized spacial score (nSPS) is 11.0. The number of rotatable bonds is 5. The smallest absolute Gasteiger partial charge is 0.341 e. The lowest BCUT2D eigenvalue weighted by Crippen LogP contribution is -2.12. The number of anilines is 1. The molecule has 3 aromatic rings. The van der Waals surface area contributed by atoms with Crippen LogP contribution in [0, 0.1) is 0 Å². The van der Waals surface area contributed by atoms with Gasteiger partial charge in [-0.2, -0.15) is 0 Å². The number of benzene rings is 2. The van der Waals surface area contributed by atoms with Gasteiger partial charge in [0.2, 0.25) is 5.91 Å². The Morgan fingerprint density at radius 1 is 1.15 bits per heavy atom. The predicted molar refractivity (Wildman–Crippen MR) is 107 cm³/mol. The van der Waals surface area contributed by atoms with Crippen molar-refractivity contribution in [2.24, 2.45) is 0 Å². The summed E-state index contributed by atoms with van der Waals surface area (Å²) >= 11 is 7.42. The van der Waals surface area contributed by atoms with Crippen molar-refractivity contribution in [1.82, 2.24) is 0 Å². The first-order valence-electron chi connectivity index (χ1n) is 8.02. The molecule has 0 bridgehead atoms. The van der Waals surface area contributed by atoms with E-state index in [1.165, 1.54) is 17.4 Å². The topological polar surface area (TPSA) is 55.4 Å². The van der Waals surface area contributed by atoms with Crippen molar-refractivity contribution in [3.05, 3.63) is 70.8 Å². The molecule has 1 aromatic heterocycles. The van der Waals surface area contributed by atoms with Crippen LogP contribution in [0.2, 0.25) is 5.02 Å². The summed E-state index contributed by atoms with van der Waals surface area (Å²) in [6, 6.07) is 14.7. The van der Waals surface area contributed by atoms with Crippen LogP contribution >= 0.6 is 22.9 Å². The Kier molecular flexibility index (Phi) is 5.71. The van der Waals surface area contributed by atoms with E-state index in [-0.39, 0.29) is 12.5 Å². The van der Waals surface area contributed by atoms with E-state index in [4.69, 9.17) is 16.3 Å². The number of esters is 1. The fourth-order valence-corrected chi connectivity index (χ4v) is 3.76. The summed E-state index contributed by atoms with van der Waals surface area (Å²) in [5.74, 6) is -0.794. The zero-order valence-electron chi connectivity index (χ0n) is 14.0. The molecule has 3 rings (SSSR count). The Morgan fingerprint density at radius 2 is 1.88 bits per heavy atom. The number of fused-ring (bicyclic) bond motifs is 1. The van der Waals surface area contributed by atoms with E-state index in [0.29, 0.717) is 15.6 Å². The van der Waals surface area contributed by atoms with Gasteiger partial charge in [-0.1, -0.05) is 48.0 Å². The second kappa shape index (κ2) is 8.17. The summed E-state index contributed by atoms with van der Waals surface area (Å²) in [5, 5.41) is 4.57. The third kappa shape index (κ3) is 3.95. The number of ether oxygens (including phenoxy) is 1. The molecule has 0 spiro atoms. The van der Waals surface area contributed by atoms with Gasteiger partial charge in [0, 0.05) is 21.2 Å². The maximum Gasteiger partial charge on any atom is 0.341 e. The molecular formula is C20H16ClNO3S. The van der Waals surface area contributed by atoms with Crippen molar-refractivity contribution < 1.29 is 14.3 Å². The first kappa shape index (κ1) is 18.2. The van der Waals surface area contributed by atoms with E-state index in [1.807, 2.05) is 42.5 Å². The van der Waals surface area contributed by atoms with Crippen molar-refractivity contribution in [2.45, 2.75) is 6.92 Å². The van der Waals surface area contributed by atoms with Gasteiger partial charge in [-0.05, 0) is 30.7 Å². The van der Waals surface area contributed by atoms with Gasteiger partial charge in [-0.25, -0.2) is 4.79 Å². The number of carbonyl (C=O) groups is 2. The summed E-state index contributed by atoms with van der Waals surface area (Å²) in [6.07, 6.45) is 3.02. The molecule has 0 atom stereocenters. The molecule has 0 radical (unpaired) electrons. The molecule has 1 amide bonds. The largest absolute Gasteiger partial charge is 0.462 e. The average molecular weight is 386 g/mol. The molecule has 0 saturated heterocycles. The standard InChI is InChI=1S/C20H16ClNO3S/c1-2-25-20(24)18-14-8-4-6-10-16(14)26-19(18)22-17(23)12-11-13-7-3-5-9-15(13)21/h3-12H,2H2,1H3,(H,22,23). The van der Waals surface area contributed by atoms with Crippen LogP contribution in [0.3, 0.4) is 0 Å². The number of halogens is 1. The highest BCUT2D eigenvalue weighted by atomic mass is 35.5. The molecule has 0 unspecified atom stereocenters. The zero-order chi connectivity index (χ0) is 18.5. The third-order valence-corrected chi connectivity index (χ3v) is 5.06. The molecular weight excluding hydrogens is 370 g/mol. The molecule has 0 fully saturated rings. The number of carbonyl (C=O) groups excluding carboxylic acids is 2. The Morgan fingerprint density at radius 3 is 2.65 bits per heavy atom. The van der Waals surface area contributed by atoms with Gasteiger partial charge in [-0.15, -0.1) is 11.3 Å². The van der Waals surface area contributed by atoms with E-state index < -0.39 is 5.97 Å². The molecule has 132 valence electrons. The number of nitrogens with one attached hydrogen (secondary N) is 1. The minimum absolute atomic E-state index is 0.267. The fraction of sp³-hybridized carbons (Fsp3) is 0.100. The van der Waals surface area contributed by atoms with Crippen molar-refractivity contribution in [3.63, 3.8) is 0 Å². The molecule has 2 aromatic carbocycles. The number of thiophene rings is 1. The summed E-state index contributed by atoms with van der Waals surface area (Å²) in [4.78, 5) is 24.7. The molecule has 1 heterocycles. The van der Waals surface area contributed by atoms with E-state index >= 15 is 0 Å². The van der Waals surface area contributed by atoms with Gasteiger partial charge < -0.3 is 10.1 Å². The minimum Gasteiger partial charge on any atom is -0.462 e. The minimum atomic E-state index is -0.449. The monoisotopic (exact) mass is 385 g/mol. The molecule has 26 heavy (non-hydrogen) atoms. The van der Waals surface area contributed by atoms with Crippen molar-refractivity contribution in [2.75, 3.05) is 11.9 Å². The van der Waals surface area contributed by atoms with Gasteiger partial charge in [-0.3, -0.25) is 4.79 Å². The highest BCUT2D eigenvalue weighted by Crippen LogP contribution is 2.36. The molecule has 4 nitrogen and oxygen atoms in total. The summed E-state index contributed by atoms with van der Waals surface area (Å²) in [6.45, 7) is 2.01. The summed E-state index contributed by atoms with van der Waals surface area (Å²) < 4.78 is 6.05. The average Bonchev–Trinajstić information content (AvgIpc) is 2.99. The lowest BCUT2D eigenvalue weighted by Gasteiger charge is -2.05. The SMILES string of the molecule is CCOC(=O)c1c(NC(=O)C=Cc2ccccc2Cl)sc2ccccc12. The second-order valence-corrected chi connectivity index (χ2v) is 6.83. The van der Waals surface area contributed by atoms with Gasteiger partial charge in [0.15, 0.2) is 0 Å². The van der Waals surface area contributed by atoms with Crippen molar-refractivity contribution in [3.8, 4) is 0 Å². The molecule has 6 heteroatoms. The third-order valence-electron chi connectivity index (χ3n) is 3.63. The van der Waals surface area contributed by atoms with Crippen molar-refractivity contribution in [1.29, 1.82) is 0 Å². The van der Waals surface area contributed by atoms with E-state index in [9.17, 15) is 9.59 Å². The van der Waals surface area contributed by atoms with Crippen LogP contribution in [0.15, 0.2) is 54.6 Å². The summed E-state index contributed by atoms with van der Waals surface area (Å²) in [7, 11) is 0. The lowest BCUT2D eigenvalue weighted by molar-refractivity contribution is -0.111. The van der Waals surface area contributed by atoms with Gasteiger partial charge in [0.25, 0.3) is 0 Å². The lowest BCUT2D eigenvalue weighted by atomic mass is 10.1. The van der Waals surface area contributed by atoms with Crippen LogP contribution in [-0.2, 0) is 9.53 Å². The van der Waals surface area contributed by atoms with E-state index in [2.05, 4.69) is 5.32 Å². The Bertz CT molecular complexity index is 994. The Labute approximate surface area is 160 Å². The van der Waals surface area contributed by atoms with Gasteiger partial charge in [0.05, 0.1) is 6.61 Å². The van der Waals surface area contributed by atoms with Crippen LogP contribution in [0.25, 0.3) is 16.2 Å². The van der Waals surface area contributed by atoms with E-state index in [1.54, 1.807) is 19.1 Å². The second-order valence-electron chi connectivity index (χ2n) is 5.37. The Balaban J connectivity index is 1.88. The number of amides is 1. The molecule has 0 aliphatic rings. The van der Waals surface area contributed by atoms with Crippen LogP contribution < -0.4 is 5.32 Å². The molecule has 0 aliphatic carbocycles. The molecule has 1 N–H and O–H groups in total. The zero-order valence-corrected chi connectivity index (χ0v) is 15.6.